The minimum Gasteiger partial charge on any atom is -0.395 e. The van der Waals surface area contributed by atoms with E-state index in [1.165, 1.54) is 0 Å². The van der Waals surface area contributed by atoms with E-state index in [2.05, 4.69) is 17.1 Å². The molecule has 1 heterocycles. The summed E-state index contributed by atoms with van der Waals surface area (Å²) >= 11 is 0. The second-order valence-electron chi connectivity index (χ2n) is 2.67. The molecule has 1 saturated heterocycles. The molecule has 2 N–H and O–H groups in total. The molecule has 0 radical (unpaired) electrons. The Morgan fingerprint density at radius 3 is 3.00 bits per heavy atom. The number of hydrogen-bond acceptors (Lipinski definition) is 3. The van der Waals surface area contributed by atoms with Crippen LogP contribution in [-0.4, -0.2) is 48.8 Å². The summed E-state index contributed by atoms with van der Waals surface area (Å²) in [6.07, 6.45) is 0. The molecule has 0 aromatic heterocycles. The van der Waals surface area contributed by atoms with E-state index in [-0.39, 0.29) is 6.61 Å². The third kappa shape index (κ3) is 1.68. The molecule has 0 saturated carbocycles. The Bertz CT molecular complexity index is 85.6. The topological polar surface area (TPSA) is 35.5 Å². The molecule has 1 rings (SSSR count). The van der Waals surface area contributed by atoms with Crippen molar-refractivity contribution in [2.45, 2.75) is 13.0 Å². The lowest BCUT2D eigenvalue weighted by molar-refractivity contribution is 0.106. The van der Waals surface area contributed by atoms with E-state index < -0.39 is 0 Å². The summed E-state index contributed by atoms with van der Waals surface area (Å²) in [7, 11) is 0. The number of rotatable bonds is 2. The van der Waals surface area contributed by atoms with Gasteiger partial charge in [0, 0.05) is 25.7 Å². The van der Waals surface area contributed by atoms with Gasteiger partial charge in [-0.1, -0.05) is 6.92 Å². The number of aliphatic hydroxyl groups is 1. The fourth-order valence-electron chi connectivity index (χ4n) is 1.40. The van der Waals surface area contributed by atoms with Crippen molar-refractivity contribution in [3.8, 4) is 0 Å². The van der Waals surface area contributed by atoms with Crippen LogP contribution in [0.15, 0.2) is 0 Å². The predicted molar refractivity (Wildman–Crippen MR) is 41.0 cm³/mol. The SMILES string of the molecule is CCN1CCNC[C@@H]1CO. The van der Waals surface area contributed by atoms with Crippen molar-refractivity contribution in [2.24, 2.45) is 0 Å². The highest BCUT2D eigenvalue weighted by atomic mass is 16.3. The zero-order valence-corrected chi connectivity index (χ0v) is 6.51. The molecule has 0 unspecified atom stereocenters. The van der Waals surface area contributed by atoms with Crippen molar-refractivity contribution in [1.82, 2.24) is 10.2 Å². The fourth-order valence-corrected chi connectivity index (χ4v) is 1.40. The number of nitrogens with zero attached hydrogens (tertiary/aromatic N) is 1. The average Bonchev–Trinajstić information content (AvgIpc) is 2.04. The van der Waals surface area contributed by atoms with E-state index in [0.29, 0.717) is 6.04 Å². The van der Waals surface area contributed by atoms with Crippen LogP contribution in [0.25, 0.3) is 0 Å². The van der Waals surface area contributed by atoms with Gasteiger partial charge < -0.3 is 10.4 Å². The lowest BCUT2D eigenvalue weighted by Crippen LogP contribution is -2.52. The number of piperazine rings is 1. The maximum atomic E-state index is 8.91. The van der Waals surface area contributed by atoms with E-state index in [0.717, 1.165) is 26.2 Å². The molecule has 1 atom stereocenters. The smallest absolute Gasteiger partial charge is 0.0599 e. The Morgan fingerprint density at radius 2 is 2.50 bits per heavy atom. The largest absolute Gasteiger partial charge is 0.395 e. The van der Waals surface area contributed by atoms with Gasteiger partial charge in [0.15, 0.2) is 0 Å². The number of nitrogens with one attached hydrogen (secondary N) is 1. The fraction of sp³-hybridized carbons (Fsp3) is 1.00. The first-order valence-electron chi connectivity index (χ1n) is 3.94. The highest BCUT2D eigenvalue weighted by molar-refractivity contribution is 4.77. The van der Waals surface area contributed by atoms with E-state index in [4.69, 9.17) is 5.11 Å². The second-order valence-corrected chi connectivity index (χ2v) is 2.67. The van der Waals surface area contributed by atoms with Gasteiger partial charge in [-0.2, -0.15) is 0 Å². The van der Waals surface area contributed by atoms with Crippen LogP contribution in [0.3, 0.4) is 0 Å². The van der Waals surface area contributed by atoms with Crippen LogP contribution in [0.5, 0.6) is 0 Å². The molecule has 60 valence electrons. The van der Waals surface area contributed by atoms with Crippen molar-refractivity contribution in [3.63, 3.8) is 0 Å². The molecule has 0 bridgehead atoms. The third-order valence-corrected chi connectivity index (χ3v) is 2.09. The Hall–Kier alpha value is -0.120. The van der Waals surface area contributed by atoms with Gasteiger partial charge in [0.25, 0.3) is 0 Å². The molecule has 3 nitrogen and oxygen atoms in total. The normalized spacial score (nSPS) is 28.8. The van der Waals surface area contributed by atoms with Gasteiger partial charge in [0.2, 0.25) is 0 Å². The standard InChI is InChI=1S/C7H16N2O/c1-2-9-4-3-8-5-7(9)6-10/h7-8,10H,2-6H2,1H3/t7-/m1/s1. The van der Waals surface area contributed by atoms with Crippen LogP contribution < -0.4 is 5.32 Å². The molecule has 0 amide bonds. The maximum Gasteiger partial charge on any atom is 0.0599 e. The monoisotopic (exact) mass is 144 g/mol. The van der Waals surface area contributed by atoms with Gasteiger partial charge in [-0.25, -0.2) is 0 Å². The molecular weight excluding hydrogens is 128 g/mol. The zero-order chi connectivity index (χ0) is 7.40. The van der Waals surface area contributed by atoms with Crippen LogP contribution in [0, 0.1) is 0 Å². The molecular formula is C7H16N2O. The van der Waals surface area contributed by atoms with Gasteiger partial charge in [0.1, 0.15) is 0 Å². The highest BCUT2D eigenvalue weighted by Gasteiger charge is 2.18. The Labute approximate surface area is 62.0 Å². The molecule has 1 aliphatic heterocycles. The van der Waals surface area contributed by atoms with Gasteiger partial charge in [0.05, 0.1) is 6.61 Å². The van der Waals surface area contributed by atoms with Crippen molar-refractivity contribution in [3.05, 3.63) is 0 Å². The summed E-state index contributed by atoms with van der Waals surface area (Å²) in [4.78, 5) is 2.30. The van der Waals surface area contributed by atoms with Crippen molar-refractivity contribution < 1.29 is 5.11 Å². The summed E-state index contributed by atoms with van der Waals surface area (Å²) in [5.74, 6) is 0. The molecule has 1 fully saturated rings. The maximum absolute atomic E-state index is 8.91. The summed E-state index contributed by atoms with van der Waals surface area (Å²) in [6.45, 7) is 6.53. The van der Waals surface area contributed by atoms with E-state index in [1.807, 2.05) is 0 Å². The van der Waals surface area contributed by atoms with E-state index in [1.54, 1.807) is 0 Å². The van der Waals surface area contributed by atoms with Gasteiger partial charge >= 0.3 is 0 Å². The van der Waals surface area contributed by atoms with E-state index >= 15 is 0 Å². The quantitative estimate of drug-likeness (QED) is 0.536. The minimum atomic E-state index is 0.279. The van der Waals surface area contributed by atoms with Crippen LogP contribution in [-0.2, 0) is 0 Å². The van der Waals surface area contributed by atoms with Crippen LogP contribution in [0.4, 0.5) is 0 Å². The lowest BCUT2D eigenvalue weighted by Gasteiger charge is -2.33. The first-order valence-corrected chi connectivity index (χ1v) is 3.94. The van der Waals surface area contributed by atoms with E-state index in [9.17, 15) is 0 Å². The van der Waals surface area contributed by atoms with Crippen LogP contribution >= 0.6 is 0 Å². The van der Waals surface area contributed by atoms with Crippen LogP contribution in [0.2, 0.25) is 0 Å². The summed E-state index contributed by atoms with van der Waals surface area (Å²) in [5.41, 5.74) is 0. The van der Waals surface area contributed by atoms with Gasteiger partial charge in [-0.05, 0) is 6.54 Å². The zero-order valence-electron chi connectivity index (χ0n) is 6.51. The first kappa shape index (κ1) is 7.98. The molecule has 0 aromatic carbocycles. The Kier molecular flexibility index (Phi) is 3.12. The number of hydrogen-bond donors (Lipinski definition) is 2. The molecule has 3 heteroatoms. The molecule has 0 aromatic rings. The summed E-state index contributed by atoms with van der Waals surface area (Å²) < 4.78 is 0. The van der Waals surface area contributed by atoms with Gasteiger partial charge in [-0.3, -0.25) is 4.90 Å². The number of likely N-dealkylation sites (N-methyl/N-ethyl adjacent to an activating group) is 1. The second kappa shape index (κ2) is 3.91. The summed E-state index contributed by atoms with van der Waals surface area (Å²) in [5, 5.41) is 12.2. The molecule has 1 aliphatic rings. The molecule has 10 heavy (non-hydrogen) atoms. The molecule has 0 aliphatic carbocycles. The van der Waals surface area contributed by atoms with Crippen molar-refractivity contribution in [1.29, 1.82) is 0 Å². The third-order valence-electron chi connectivity index (χ3n) is 2.09. The summed E-state index contributed by atoms with van der Waals surface area (Å²) in [6, 6.07) is 0.346. The molecule has 0 spiro atoms. The van der Waals surface area contributed by atoms with Gasteiger partial charge in [-0.15, -0.1) is 0 Å². The number of aliphatic hydroxyl groups excluding tert-OH is 1. The Morgan fingerprint density at radius 1 is 1.70 bits per heavy atom. The van der Waals surface area contributed by atoms with Crippen LogP contribution in [0.1, 0.15) is 6.92 Å². The lowest BCUT2D eigenvalue weighted by atomic mass is 10.2. The first-order chi connectivity index (χ1) is 4.88. The van der Waals surface area contributed by atoms with Crippen molar-refractivity contribution >= 4 is 0 Å². The average molecular weight is 144 g/mol. The highest BCUT2D eigenvalue weighted by Crippen LogP contribution is 2.00. The predicted octanol–water partition coefficient (Wildman–Crippen LogP) is -0.728. The van der Waals surface area contributed by atoms with Crippen molar-refractivity contribution in [2.75, 3.05) is 32.8 Å². The Balaban J connectivity index is 2.34. The minimum absolute atomic E-state index is 0.279.